The topological polar surface area (TPSA) is 38.0 Å². The lowest BCUT2D eigenvalue weighted by atomic mass is 10.1. The molecule has 1 aliphatic heterocycles. The van der Waals surface area contributed by atoms with Crippen LogP contribution in [-0.2, 0) is 6.42 Å². The van der Waals surface area contributed by atoms with Crippen molar-refractivity contribution in [2.24, 2.45) is 0 Å². The minimum atomic E-state index is 0. The molecule has 2 nitrogen and oxygen atoms in total. The lowest BCUT2D eigenvalue weighted by Crippen LogP contribution is -1.91. The molecule has 0 unspecified atom stereocenters. The predicted molar refractivity (Wildman–Crippen MR) is 57.5 cm³/mol. The van der Waals surface area contributed by atoms with E-state index in [2.05, 4.69) is 11.4 Å². The number of hydrogen-bond donors (Lipinski definition) is 2. The standard InChI is InChI=1S/C8H10N2.2ClH/c9-7-2-1-6-3-4-10-8(6)5-7;;/h1-2,5,10H,3-4,9H2;2*1H. The van der Waals surface area contributed by atoms with Crippen LogP contribution in [0, 0.1) is 0 Å². The fourth-order valence-electron chi connectivity index (χ4n) is 1.31. The Hall–Kier alpha value is -0.600. The number of nitrogen functional groups attached to an aromatic ring is 1. The summed E-state index contributed by atoms with van der Waals surface area (Å²) < 4.78 is 0. The van der Waals surface area contributed by atoms with Crippen LogP contribution in [0.1, 0.15) is 5.56 Å². The van der Waals surface area contributed by atoms with E-state index in [-0.39, 0.29) is 24.8 Å². The molecule has 68 valence electrons. The van der Waals surface area contributed by atoms with Gasteiger partial charge in [-0.2, -0.15) is 0 Å². The molecule has 1 aromatic rings. The van der Waals surface area contributed by atoms with Crippen molar-refractivity contribution in [2.45, 2.75) is 6.42 Å². The summed E-state index contributed by atoms with van der Waals surface area (Å²) in [7, 11) is 0. The van der Waals surface area contributed by atoms with Gasteiger partial charge in [-0.3, -0.25) is 0 Å². The normalized spacial score (nSPS) is 12.0. The van der Waals surface area contributed by atoms with Gasteiger partial charge in [-0.1, -0.05) is 6.07 Å². The predicted octanol–water partition coefficient (Wildman–Crippen LogP) is 2.08. The van der Waals surface area contributed by atoms with Crippen molar-refractivity contribution in [3.63, 3.8) is 0 Å². The van der Waals surface area contributed by atoms with Gasteiger partial charge in [-0.15, -0.1) is 24.8 Å². The van der Waals surface area contributed by atoms with Gasteiger partial charge in [-0.05, 0) is 24.1 Å². The average molecular weight is 207 g/mol. The first-order valence-electron chi connectivity index (χ1n) is 3.48. The Bertz CT molecular complexity index is 263. The number of fused-ring (bicyclic) bond motifs is 1. The van der Waals surface area contributed by atoms with Crippen LogP contribution in [0.4, 0.5) is 11.4 Å². The summed E-state index contributed by atoms with van der Waals surface area (Å²) in [6.07, 6.45) is 1.13. The molecule has 0 aromatic heterocycles. The second-order valence-corrected chi connectivity index (χ2v) is 2.59. The van der Waals surface area contributed by atoms with Crippen molar-refractivity contribution < 1.29 is 0 Å². The molecule has 0 saturated carbocycles. The highest BCUT2D eigenvalue weighted by atomic mass is 35.5. The molecule has 12 heavy (non-hydrogen) atoms. The molecule has 0 aliphatic carbocycles. The molecule has 0 radical (unpaired) electrons. The first-order valence-corrected chi connectivity index (χ1v) is 3.48. The van der Waals surface area contributed by atoms with Gasteiger partial charge in [0.15, 0.2) is 0 Å². The van der Waals surface area contributed by atoms with Gasteiger partial charge in [0, 0.05) is 17.9 Å². The lowest BCUT2D eigenvalue weighted by Gasteiger charge is -1.98. The first-order chi connectivity index (χ1) is 4.86. The van der Waals surface area contributed by atoms with Crippen LogP contribution in [0.25, 0.3) is 0 Å². The molecular weight excluding hydrogens is 195 g/mol. The zero-order chi connectivity index (χ0) is 6.97. The molecule has 0 spiro atoms. The zero-order valence-electron chi connectivity index (χ0n) is 6.54. The zero-order valence-corrected chi connectivity index (χ0v) is 8.17. The molecule has 3 N–H and O–H groups in total. The highest BCUT2D eigenvalue weighted by molar-refractivity contribution is 5.85. The van der Waals surface area contributed by atoms with Gasteiger partial charge in [0.1, 0.15) is 0 Å². The molecule has 0 amide bonds. The van der Waals surface area contributed by atoms with Crippen LogP contribution >= 0.6 is 24.8 Å². The summed E-state index contributed by atoms with van der Waals surface area (Å²) in [5.41, 5.74) is 9.02. The Morgan fingerprint density at radius 3 is 2.75 bits per heavy atom. The summed E-state index contributed by atoms with van der Waals surface area (Å²) in [4.78, 5) is 0. The highest BCUT2D eigenvalue weighted by Gasteiger charge is 2.07. The van der Waals surface area contributed by atoms with E-state index in [0.29, 0.717) is 0 Å². The molecule has 0 bridgehead atoms. The van der Waals surface area contributed by atoms with E-state index < -0.39 is 0 Å². The van der Waals surface area contributed by atoms with Crippen LogP contribution in [0.5, 0.6) is 0 Å². The van der Waals surface area contributed by atoms with Gasteiger partial charge < -0.3 is 11.1 Å². The van der Waals surface area contributed by atoms with Gasteiger partial charge in [-0.25, -0.2) is 0 Å². The molecule has 1 aromatic carbocycles. The summed E-state index contributed by atoms with van der Waals surface area (Å²) in [6, 6.07) is 6.03. The number of rotatable bonds is 0. The number of nitrogens with one attached hydrogen (secondary N) is 1. The minimum Gasteiger partial charge on any atom is -0.399 e. The number of halogens is 2. The fourth-order valence-corrected chi connectivity index (χ4v) is 1.31. The average Bonchev–Trinajstić information content (AvgIpc) is 2.33. The Labute approximate surface area is 84.4 Å². The minimum absolute atomic E-state index is 0. The van der Waals surface area contributed by atoms with E-state index in [1.807, 2.05) is 12.1 Å². The second-order valence-electron chi connectivity index (χ2n) is 2.59. The van der Waals surface area contributed by atoms with Crippen LogP contribution in [0.15, 0.2) is 18.2 Å². The van der Waals surface area contributed by atoms with E-state index in [1.54, 1.807) is 0 Å². The molecule has 1 heterocycles. The second kappa shape index (κ2) is 4.43. The Morgan fingerprint density at radius 2 is 2.00 bits per heavy atom. The summed E-state index contributed by atoms with van der Waals surface area (Å²) in [6.45, 7) is 1.05. The van der Waals surface area contributed by atoms with Gasteiger partial charge in [0.25, 0.3) is 0 Å². The first kappa shape index (κ1) is 11.4. The van der Waals surface area contributed by atoms with Crippen molar-refractivity contribution in [1.29, 1.82) is 0 Å². The molecule has 0 fully saturated rings. The SMILES string of the molecule is Cl.Cl.Nc1ccc2c(c1)NCC2. The van der Waals surface area contributed by atoms with Crippen LogP contribution in [0.2, 0.25) is 0 Å². The summed E-state index contributed by atoms with van der Waals surface area (Å²) in [5.74, 6) is 0. The third-order valence-electron chi connectivity index (χ3n) is 1.84. The van der Waals surface area contributed by atoms with Crippen molar-refractivity contribution in [1.82, 2.24) is 0 Å². The van der Waals surface area contributed by atoms with Crippen molar-refractivity contribution in [3.8, 4) is 0 Å². The van der Waals surface area contributed by atoms with Crippen LogP contribution in [-0.4, -0.2) is 6.54 Å². The van der Waals surface area contributed by atoms with E-state index in [4.69, 9.17) is 5.73 Å². The smallest absolute Gasteiger partial charge is 0.0394 e. The van der Waals surface area contributed by atoms with Crippen molar-refractivity contribution in [3.05, 3.63) is 23.8 Å². The maximum atomic E-state index is 5.59. The fraction of sp³-hybridized carbons (Fsp3) is 0.250. The molecule has 2 rings (SSSR count). The molecular formula is C8H12Cl2N2. The van der Waals surface area contributed by atoms with Crippen molar-refractivity contribution in [2.75, 3.05) is 17.6 Å². The Morgan fingerprint density at radius 1 is 1.25 bits per heavy atom. The molecule has 0 atom stereocenters. The highest BCUT2D eigenvalue weighted by Crippen LogP contribution is 2.23. The quantitative estimate of drug-likeness (QED) is 0.639. The number of hydrogen-bond acceptors (Lipinski definition) is 2. The third-order valence-corrected chi connectivity index (χ3v) is 1.84. The largest absolute Gasteiger partial charge is 0.399 e. The third kappa shape index (κ3) is 1.96. The molecule has 1 aliphatic rings. The Kier molecular flexibility index (Phi) is 4.21. The number of benzene rings is 1. The summed E-state index contributed by atoms with van der Waals surface area (Å²) >= 11 is 0. The van der Waals surface area contributed by atoms with Gasteiger partial charge in [0.05, 0.1) is 0 Å². The Balaban J connectivity index is 0.000000605. The van der Waals surface area contributed by atoms with E-state index in [0.717, 1.165) is 18.7 Å². The van der Waals surface area contributed by atoms with Crippen LogP contribution in [0.3, 0.4) is 0 Å². The number of anilines is 2. The van der Waals surface area contributed by atoms with E-state index in [9.17, 15) is 0 Å². The van der Waals surface area contributed by atoms with Crippen molar-refractivity contribution >= 4 is 36.2 Å². The lowest BCUT2D eigenvalue weighted by molar-refractivity contribution is 1.11. The van der Waals surface area contributed by atoms with Gasteiger partial charge >= 0.3 is 0 Å². The van der Waals surface area contributed by atoms with E-state index >= 15 is 0 Å². The van der Waals surface area contributed by atoms with E-state index in [1.165, 1.54) is 11.3 Å². The maximum Gasteiger partial charge on any atom is 0.0394 e. The summed E-state index contributed by atoms with van der Waals surface area (Å²) in [5, 5.41) is 3.26. The molecule has 4 heteroatoms. The van der Waals surface area contributed by atoms with Crippen LogP contribution < -0.4 is 11.1 Å². The number of nitrogens with two attached hydrogens (primary N) is 1. The maximum absolute atomic E-state index is 5.59. The molecule has 0 saturated heterocycles. The van der Waals surface area contributed by atoms with Gasteiger partial charge in [0.2, 0.25) is 0 Å². The monoisotopic (exact) mass is 206 g/mol.